The van der Waals surface area contributed by atoms with E-state index in [0.717, 1.165) is 5.75 Å². The van der Waals surface area contributed by atoms with Gasteiger partial charge in [-0.3, -0.25) is 4.79 Å². The van der Waals surface area contributed by atoms with Crippen molar-refractivity contribution in [2.45, 2.75) is 0 Å². The number of carbonyl (C=O) groups excluding carboxylic acids is 1. The largest absolute Gasteiger partial charge is 0.497 e. The summed E-state index contributed by atoms with van der Waals surface area (Å²) in [7, 11) is 1.59. The number of nitrogens with one attached hydrogen (secondary N) is 2. The van der Waals surface area contributed by atoms with Gasteiger partial charge in [0.2, 0.25) is 0 Å². The molecule has 0 bridgehead atoms. The van der Waals surface area contributed by atoms with E-state index in [1.54, 1.807) is 43.5 Å². The molecule has 0 aliphatic rings. The molecule has 0 saturated heterocycles. The first-order chi connectivity index (χ1) is 9.22. The first kappa shape index (κ1) is 12.8. The second kappa shape index (κ2) is 5.83. The van der Waals surface area contributed by atoms with Gasteiger partial charge in [-0.25, -0.2) is 10.8 Å². The molecule has 0 aliphatic carbocycles. The van der Waals surface area contributed by atoms with E-state index in [0.29, 0.717) is 17.1 Å². The number of hydrogen-bond donors (Lipinski definition) is 3. The molecular weight excluding hydrogens is 244 g/mol. The molecular formula is C13H14N4O2. The Morgan fingerprint density at radius 1 is 1.26 bits per heavy atom. The Hall–Kier alpha value is -2.60. The van der Waals surface area contributed by atoms with E-state index in [4.69, 9.17) is 10.6 Å². The summed E-state index contributed by atoms with van der Waals surface area (Å²) in [6, 6.07) is 10.3. The normalized spacial score (nSPS) is 9.79. The summed E-state index contributed by atoms with van der Waals surface area (Å²) in [5.74, 6) is 6.18. The molecule has 6 nitrogen and oxygen atoms in total. The van der Waals surface area contributed by atoms with Crippen LogP contribution in [-0.4, -0.2) is 18.0 Å². The number of nitrogen functional groups attached to an aromatic ring is 1. The third kappa shape index (κ3) is 3.20. The lowest BCUT2D eigenvalue weighted by Crippen LogP contribution is -2.14. The summed E-state index contributed by atoms with van der Waals surface area (Å²) >= 11 is 0. The summed E-state index contributed by atoms with van der Waals surface area (Å²) < 4.78 is 5.05. The number of pyridine rings is 1. The van der Waals surface area contributed by atoms with Gasteiger partial charge in [-0.1, -0.05) is 0 Å². The molecule has 2 aromatic rings. The van der Waals surface area contributed by atoms with Crippen LogP contribution in [0.5, 0.6) is 5.75 Å². The number of hydrazine groups is 1. The molecule has 1 heterocycles. The van der Waals surface area contributed by atoms with E-state index < -0.39 is 0 Å². The lowest BCUT2D eigenvalue weighted by Gasteiger charge is -2.07. The van der Waals surface area contributed by atoms with Crippen LogP contribution >= 0.6 is 0 Å². The molecule has 4 N–H and O–H groups in total. The lowest BCUT2D eigenvalue weighted by molar-refractivity contribution is 0.102. The van der Waals surface area contributed by atoms with Crippen molar-refractivity contribution < 1.29 is 9.53 Å². The zero-order valence-electron chi connectivity index (χ0n) is 10.4. The Balaban J connectivity index is 2.11. The van der Waals surface area contributed by atoms with Crippen LogP contribution in [-0.2, 0) is 0 Å². The highest BCUT2D eigenvalue weighted by molar-refractivity contribution is 6.04. The molecule has 2 rings (SSSR count). The minimum Gasteiger partial charge on any atom is -0.497 e. The van der Waals surface area contributed by atoms with Crippen molar-refractivity contribution in [3.05, 3.63) is 48.2 Å². The van der Waals surface area contributed by atoms with Crippen molar-refractivity contribution in [3.8, 4) is 5.75 Å². The van der Waals surface area contributed by atoms with Crippen LogP contribution in [0.25, 0.3) is 0 Å². The van der Waals surface area contributed by atoms with Crippen LogP contribution in [0.2, 0.25) is 0 Å². The van der Waals surface area contributed by atoms with Crippen molar-refractivity contribution in [1.29, 1.82) is 0 Å². The number of rotatable bonds is 4. The lowest BCUT2D eigenvalue weighted by atomic mass is 10.2. The maximum Gasteiger partial charge on any atom is 0.255 e. The van der Waals surface area contributed by atoms with E-state index >= 15 is 0 Å². The van der Waals surface area contributed by atoms with Gasteiger partial charge in [0, 0.05) is 17.4 Å². The first-order valence-corrected chi connectivity index (χ1v) is 5.61. The van der Waals surface area contributed by atoms with Crippen LogP contribution < -0.4 is 21.3 Å². The van der Waals surface area contributed by atoms with Crippen LogP contribution in [0.3, 0.4) is 0 Å². The third-order valence-electron chi connectivity index (χ3n) is 2.52. The molecule has 0 atom stereocenters. The zero-order valence-corrected chi connectivity index (χ0v) is 10.4. The van der Waals surface area contributed by atoms with E-state index in [-0.39, 0.29) is 5.91 Å². The van der Waals surface area contributed by atoms with Gasteiger partial charge in [0.05, 0.1) is 7.11 Å². The van der Waals surface area contributed by atoms with Crippen molar-refractivity contribution in [2.24, 2.45) is 5.84 Å². The Morgan fingerprint density at radius 3 is 2.63 bits per heavy atom. The second-order valence-corrected chi connectivity index (χ2v) is 3.76. The van der Waals surface area contributed by atoms with Gasteiger partial charge in [0.1, 0.15) is 11.6 Å². The summed E-state index contributed by atoms with van der Waals surface area (Å²) in [5, 5.41) is 2.77. The number of nitrogens with zero attached hydrogens (tertiary/aromatic N) is 1. The average Bonchev–Trinajstić information content (AvgIpc) is 2.48. The number of amides is 1. The number of ether oxygens (including phenoxy) is 1. The fourth-order valence-electron chi connectivity index (χ4n) is 1.53. The van der Waals surface area contributed by atoms with Crippen molar-refractivity contribution in [3.63, 3.8) is 0 Å². The summed E-state index contributed by atoms with van der Waals surface area (Å²) in [6.45, 7) is 0. The number of aromatic nitrogens is 1. The first-order valence-electron chi connectivity index (χ1n) is 5.61. The molecule has 1 amide bonds. The molecule has 98 valence electrons. The molecule has 0 fully saturated rings. The number of benzene rings is 1. The average molecular weight is 258 g/mol. The molecule has 0 aliphatic heterocycles. The van der Waals surface area contributed by atoms with Gasteiger partial charge in [-0.15, -0.1) is 0 Å². The summed E-state index contributed by atoms with van der Waals surface area (Å²) in [5.41, 5.74) is 3.55. The molecule has 1 aromatic heterocycles. The Labute approximate surface area is 110 Å². The van der Waals surface area contributed by atoms with E-state index in [1.807, 2.05) is 0 Å². The smallest absolute Gasteiger partial charge is 0.255 e. The van der Waals surface area contributed by atoms with Crippen LogP contribution in [0.4, 0.5) is 11.5 Å². The van der Waals surface area contributed by atoms with Gasteiger partial charge in [-0.2, -0.15) is 0 Å². The summed E-state index contributed by atoms with van der Waals surface area (Å²) in [6.07, 6.45) is 1.51. The molecule has 0 saturated carbocycles. The number of nitrogens with two attached hydrogens (primary N) is 1. The Bertz CT molecular complexity index is 569. The predicted octanol–water partition coefficient (Wildman–Crippen LogP) is 1.63. The van der Waals surface area contributed by atoms with Gasteiger partial charge >= 0.3 is 0 Å². The topological polar surface area (TPSA) is 89.3 Å². The quantitative estimate of drug-likeness (QED) is 0.573. The number of hydrogen-bond acceptors (Lipinski definition) is 5. The second-order valence-electron chi connectivity index (χ2n) is 3.76. The molecule has 0 unspecified atom stereocenters. The number of anilines is 2. The van der Waals surface area contributed by atoms with Gasteiger partial charge < -0.3 is 15.5 Å². The predicted molar refractivity (Wildman–Crippen MR) is 73.0 cm³/mol. The maximum absolute atomic E-state index is 12.0. The van der Waals surface area contributed by atoms with Crippen molar-refractivity contribution >= 4 is 17.4 Å². The van der Waals surface area contributed by atoms with Gasteiger partial charge in [0.25, 0.3) is 5.91 Å². The maximum atomic E-state index is 12.0. The fraction of sp³-hybridized carbons (Fsp3) is 0.0769. The monoisotopic (exact) mass is 258 g/mol. The fourth-order valence-corrected chi connectivity index (χ4v) is 1.53. The standard InChI is InChI=1S/C13H14N4O2/c1-19-11-4-2-10(3-5-11)16-13(18)9-6-7-15-12(8-9)17-14/h2-8H,14H2,1H3,(H,15,17)(H,16,18). The molecule has 0 radical (unpaired) electrons. The Morgan fingerprint density at radius 2 is 2.00 bits per heavy atom. The molecule has 19 heavy (non-hydrogen) atoms. The van der Waals surface area contributed by atoms with Crippen molar-refractivity contribution in [1.82, 2.24) is 4.98 Å². The molecule has 6 heteroatoms. The van der Waals surface area contributed by atoms with Crippen LogP contribution in [0.1, 0.15) is 10.4 Å². The minimum atomic E-state index is -0.232. The highest BCUT2D eigenvalue weighted by Gasteiger charge is 2.07. The van der Waals surface area contributed by atoms with E-state index in [1.165, 1.54) is 6.20 Å². The molecule has 0 spiro atoms. The SMILES string of the molecule is COc1ccc(NC(=O)c2ccnc(NN)c2)cc1. The van der Waals surface area contributed by atoms with Crippen molar-refractivity contribution in [2.75, 3.05) is 17.9 Å². The van der Waals surface area contributed by atoms with E-state index in [9.17, 15) is 4.79 Å². The minimum absolute atomic E-state index is 0.232. The van der Waals surface area contributed by atoms with Crippen LogP contribution in [0, 0.1) is 0 Å². The molecule has 1 aromatic carbocycles. The van der Waals surface area contributed by atoms with Crippen LogP contribution in [0.15, 0.2) is 42.6 Å². The number of methoxy groups -OCH3 is 1. The zero-order chi connectivity index (χ0) is 13.7. The summed E-state index contributed by atoms with van der Waals surface area (Å²) in [4.78, 5) is 15.9. The highest BCUT2D eigenvalue weighted by atomic mass is 16.5. The van der Waals surface area contributed by atoms with Gasteiger partial charge in [0.15, 0.2) is 0 Å². The van der Waals surface area contributed by atoms with Gasteiger partial charge in [-0.05, 0) is 36.4 Å². The highest BCUT2D eigenvalue weighted by Crippen LogP contribution is 2.16. The number of carbonyl (C=O) groups is 1. The Kier molecular flexibility index (Phi) is 3.94. The van der Waals surface area contributed by atoms with E-state index in [2.05, 4.69) is 15.7 Å². The third-order valence-corrected chi connectivity index (χ3v) is 2.52.